The van der Waals surface area contributed by atoms with Gasteiger partial charge in [-0.15, -0.1) is 11.3 Å². The van der Waals surface area contributed by atoms with E-state index in [1.807, 2.05) is 5.38 Å². The van der Waals surface area contributed by atoms with E-state index in [-0.39, 0.29) is 12.5 Å². The number of thiazole rings is 1. The lowest BCUT2D eigenvalue weighted by Gasteiger charge is -2.15. The van der Waals surface area contributed by atoms with Gasteiger partial charge < -0.3 is 10.6 Å². The molecule has 0 aliphatic rings. The Morgan fingerprint density at radius 2 is 2.35 bits per heavy atom. The van der Waals surface area contributed by atoms with Crippen LogP contribution in [0.4, 0.5) is 0 Å². The number of carbonyl (C=O) groups excluding carboxylic acids is 1. The summed E-state index contributed by atoms with van der Waals surface area (Å²) < 4.78 is 0. The van der Waals surface area contributed by atoms with E-state index in [1.54, 1.807) is 29.7 Å². The number of pyridine rings is 1. The zero-order valence-corrected chi connectivity index (χ0v) is 11.9. The third-order valence-electron chi connectivity index (χ3n) is 2.55. The summed E-state index contributed by atoms with van der Waals surface area (Å²) in [5.41, 5.74) is 9.13. The highest BCUT2D eigenvalue weighted by atomic mass is 32.1. The van der Waals surface area contributed by atoms with Gasteiger partial charge in [0.05, 0.1) is 29.9 Å². The summed E-state index contributed by atoms with van der Waals surface area (Å²) >= 11 is 1.51. The van der Waals surface area contributed by atoms with Crippen molar-refractivity contribution in [1.82, 2.24) is 14.9 Å². The molecule has 20 heavy (non-hydrogen) atoms. The first-order valence-electron chi connectivity index (χ1n) is 5.97. The van der Waals surface area contributed by atoms with Crippen molar-refractivity contribution in [3.05, 3.63) is 46.2 Å². The van der Waals surface area contributed by atoms with E-state index in [2.05, 4.69) is 21.8 Å². The highest BCUT2D eigenvalue weighted by Gasteiger charge is 2.13. The molecule has 0 bridgehead atoms. The van der Waals surface area contributed by atoms with Crippen molar-refractivity contribution in [3.8, 4) is 11.8 Å². The largest absolute Gasteiger partial charge is 0.336 e. The van der Waals surface area contributed by atoms with Gasteiger partial charge in [-0.3, -0.25) is 9.78 Å². The van der Waals surface area contributed by atoms with Gasteiger partial charge in [0.2, 0.25) is 0 Å². The van der Waals surface area contributed by atoms with Crippen molar-refractivity contribution in [2.45, 2.75) is 6.54 Å². The molecule has 0 aromatic carbocycles. The first kappa shape index (κ1) is 14.2. The molecule has 6 heteroatoms. The normalized spacial score (nSPS) is 9.70. The topological polar surface area (TPSA) is 72.1 Å². The van der Waals surface area contributed by atoms with Gasteiger partial charge >= 0.3 is 0 Å². The molecule has 0 aliphatic heterocycles. The van der Waals surface area contributed by atoms with Gasteiger partial charge in [-0.1, -0.05) is 11.8 Å². The molecule has 2 N–H and O–H groups in total. The van der Waals surface area contributed by atoms with Crippen LogP contribution in [0.2, 0.25) is 0 Å². The molecule has 102 valence electrons. The number of aromatic nitrogens is 2. The monoisotopic (exact) mass is 286 g/mol. The number of rotatable bonds is 3. The average Bonchev–Trinajstić information content (AvgIpc) is 2.97. The molecular formula is C14H14N4OS. The molecule has 2 aromatic heterocycles. The SMILES string of the molecule is CN(Cc1cscn1)C(=O)c1cncc(C#CCN)c1. The van der Waals surface area contributed by atoms with Gasteiger partial charge in [0.15, 0.2) is 0 Å². The van der Waals surface area contributed by atoms with Gasteiger partial charge in [-0.25, -0.2) is 4.98 Å². The smallest absolute Gasteiger partial charge is 0.255 e. The Labute approximate surface area is 121 Å². The fourth-order valence-electron chi connectivity index (χ4n) is 1.63. The summed E-state index contributed by atoms with van der Waals surface area (Å²) in [5, 5.41) is 1.92. The Hall–Kier alpha value is -2.23. The second kappa shape index (κ2) is 6.80. The number of hydrogen-bond acceptors (Lipinski definition) is 5. The number of hydrogen-bond donors (Lipinski definition) is 1. The van der Waals surface area contributed by atoms with Crippen LogP contribution in [0.15, 0.2) is 29.4 Å². The maximum absolute atomic E-state index is 12.3. The van der Waals surface area contributed by atoms with E-state index in [9.17, 15) is 4.79 Å². The van der Waals surface area contributed by atoms with E-state index in [0.717, 1.165) is 5.69 Å². The summed E-state index contributed by atoms with van der Waals surface area (Å²) in [4.78, 5) is 22.1. The number of nitrogens with zero attached hydrogens (tertiary/aromatic N) is 3. The molecule has 2 heterocycles. The van der Waals surface area contributed by atoms with Gasteiger partial charge in [0, 0.05) is 30.4 Å². The van der Waals surface area contributed by atoms with Gasteiger partial charge in [0.25, 0.3) is 5.91 Å². The Morgan fingerprint density at radius 3 is 3.05 bits per heavy atom. The first-order chi connectivity index (χ1) is 9.70. The summed E-state index contributed by atoms with van der Waals surface area (Å²) in [6, 6.07) is 1.72. The Balaban J connectivity index is 2.12. The lowest BCUT2D eigenvalue weighted by Crippen LogP contribution is -2.26. The zero-order chi connectivity index (χ0) is 14.4. The Bertz CT molecular complexity index is 643. The lowest BCUT2D eigenvalue weighted by molar-refractivity contribution is 0.0783. The van der Waals surface area contributed by atoms with Crippen LogP contribution < -0.4 is 5.73 Å². The number of carbonyl (C=O) groups is 1. The van der Waals surface area contributed by atoms with Crippen LogP contribution in [-0.2, 0) is 6.54 Å². The van der Waals surface area contributed by atoms with Crippen LogP contribution in [0.1, 0.15) is 21.6 Å². The minimum atomic E-state index is -0.109. The molecule has 2 rings (SSSR count). The van der Waals surface area contributed by atoms with E-state index in [1.165, 1.54) is 17.5 Å². The van der Waals surface area contributed by atoms with Crippen LogP contribution in [0.25, 0.3) is 0 Å². The average molecular weight is 286 g/mol. The highest BCUT2D eigenvalue weighted by Crippen LogP contribution is 2.09. The maximum atomic E-state index is 12.3. The van der Waals surface area contributed by atoms with E-state index < -0.39 is 0 Å². The van der Waals surface area contributed by atoms with Crippen LogP contribution in [-0.4, -0.2) is 34.4 Å². The summed E-state index contributed by atoms with van der Waals surface area (Å²) in [7, 11) is 1.74. The molecule has 1 amide bonds. The Morgan fingerprint density at radius 1 is 1.50 bits per heavy atom. The Kier molecular flexibility index (Phi) is 4.82. The van der Waals surface area contributed by atoms with E-state index >= 15 is 0 Å². The van der Waals surface area contributed by atoms with E-state index in [4.69, 9.17) is 5.73 Å². The molecule has 0 fully saturated rings. The fraction of sp³-hybridized carbons (Fsp3) is 0.214. The van der Waals surface area contributed by atoms with Gasteiger partial charge in [0.1, 0.15) is 0 Å². The summed E-state index contributed by atoms with van der Waals surface area (Å²) in [6.07, 6.45) is 3.15. The molecule has 0 spiro atoms. The predicted octanol–water partition coefficient (Wildman–Crippen LogP) is 1.12. The van der Waals surface area contributed by atoms with Crippen LogP contribution in [0.5, 0.6) is 0 Å². The number of amides is 1. The lowest BCUT2D eigenvalue weighted by atomic mass is 10.2. The minimum Gasteiger partial charge on any atom is -0.336 e. The van der Waals surface area contributed by atoms with Gasteiger partial charge in [-0.2, -0.15) is 0 Å². The minimum absolute atomic E-state index is 0.109. The summed E-state index contributed by atoms with van der Waals surface area (Å²) in [5.74, 6) is 5.50. The van der Waals surface area contributed by atoms with Crippen LogP contribution >= 0.6 is 11.3 Å². The van der Waals surface area contributed by atoms with Crippen molar-refractivity contribution in [2.24, 2.45) is 5.73 Å². The van der Waals surface area contributed by atoms with Crippen LogP contribution in [0, 0.1) is 11.8 Å². The van der Waals surface area contributed by atoms with Crippen molar-refractivity contribution in [1.29, 1.82) is 0 Å². The van der Waals surface area contributed by atoms with Crippen molar-refractivity contribution in [3.63, 3.8) is 0 Å². The molecule has 0 saturated heterocycles. The second-order valence-corrected chi connectivity index (χ2v) is 4.83. The van der Waals surface area contributed by atoms with Crippen molar-refractivity contribution in [2.75, 3.05) is 13.6 Å². The molecule has 0 atom stereocenters. The van der Waals surface area contributed by atoms with Crippen molar-refractivity contribution >= 4 is 17.2 Å². The van der Waals surface area contributed by atoms with Gasteiger partial charge in [-0.05, 0) is 6.07 Å². The molecule has 0 unspecified atom stereocenters. The first-order valence-corrected chi connectivity index (χ1v) is 6.91. The molecule has 5 nitrogen and oxygen atoms in total. The van der Waals surface area contributed by atoms with Crippen LogP contribution in [0.3, 0.4) is 0 Å². The quantitative estimate of drug-likeness (QED) is 0.858. The van der Waals surface area contributed by atoms with Crippen molar-refractivity contribution < 1.29 is 4.79 Å². The molecule has 0 saturated carbocycles. The molecular weight excluding hydrogens is 272 g/mol. The molecule has 0 aliphatic carbocycles. The predicted molar refractivity (Wildman–Crippen MR) is 78.1 cm³/mol. The summed E-state index contributed by atoms with van der Waals surface area (Å²) in [6.45, 7) is 0.753. The zero-order valence-electron chi connectivity index (χ0n) is 11.0. The maximum Gasteiger partial charge on any atom is 0.255 e. The molecule has 0 radical (unpaired) electrons. The second-order valence-electron chi connectivity index (χ2n) is 4.11. The highest BCUT2D eigenvalue weighted by molar-refractivity contribution is 7.07. The standard InChI is InChI=1S/C14H14N4OS/c1-18(8-13-9-20-10-17-13)14(19)12-5-11(3-2-4-15)6-16-7-12/h5-7,9-10H,4,8,15H2,1H3. The number of nitrogens with two attached hydrogens (primary N) is 1. The molecule has 2 aromatic rings. The third kappa shape index (κ3) is 3.63. The fourth-order valence-corrected chi connectivity index (χ4v) is 2.18. The third-order valence-corrected chi connectivity index (χ3v) is 3.18. The van der Waals surface area contributed by atoms with E-state index in [0.29, 0.717) is 17.7 Å².